The smallest absolute Gasteiger partial charge is 0.260 e. The van der Waals surface area contributed by atoms with E-state index in [9.17, 15) is 9.59 Å². The number of nitrogens with one attached hydrogen (secondary N) is 1. The number of nitrogens with zero attached hydrogens (tertiary/aromatic N) is 2. The lowest BCUT2D eigenvalue weighted by atomic mass is 10.2. The number of hydrogen-bond acceptors (Lipinski definition) is 5. The molecule has 0 radical (unpaired) electrons. The second kappa shape index (κ2) is 7.63. The third-order valence-corrected chi connectivity index (χ3v) is 4.69. The van der Waals surface area contributed by atoms with Crippen LogP contribution in [0.15, 0.2) is 24.3 Å². The molecule has 0 aromatic heterocycles. The van der Waals surface area contributed by atoms with Crippen molar-refractivity contribution in [3.63, 3.8) is 0 Å². The maximum absolute atomic E-state index is 12.3. The highest BCUT2D eigenvalue weighted by atomic mass is 16.5. The molecule has 2 amide bonds. The summed E-state index contributed by atoms with van der Waals surface area (Å²) >= 11 is 0. The first kappa shape index (κ1) is 16.7. The summed E-state index contributed by atoms with van der Waals surface area (Å²) in [7, 11) is 0. The molecule has 3 N–H and O–H groups in total. The first-order chi connectivity index (χ1) is 11.6. The molecule has 0 bridgehead atoms. The van der Waals surface area contributed by atoms with Gasteiger partial charge in [-0.05, 0) is 30.7 Å². The average Bonchev–Trinajstić information content (AvgIpc) is 3.11. The van der Waals surface area contributed by atoms with Crippen LogP contribution < -0.4 is 15.8 Å². The minimum Gasteiger partial charge on any atom is -0.484 e. The molecule has 1 aromatic rings. The van der Waals surface area contributed by atoms with Crippen molar-refractivity contribution in [2.75, 3.05) is 45.9 Å². The lowest BCUT2D eigenvalue weighted by Gasteiger charge is -2.32. The Morgan fingerprint density at radius 1 is 1.17 bits per heavy atom. The van der Waals surface area contributed by atoms with Gasteiger partial charge in [0.25, 0.3) is 5.91 Å². The van der Waals surface area contributed by atoms with Gasteiger partial charge in [-0.15, -0.1) is 0 Å². The molecule has 130 valence electrons. The molecule has 3 rings (SSSR count). The van der Waals surface area contributed by atoms with Gasteiger partial charge in [-0.25, -0.2) is 0 Å². The second-order valence-electron chi connectivity index (χ2n) is 6.25. The van der Waals surface area contributed by atoms with Crippen molar-refractivity contribution in [2.45, 2.75) is 12.5 Å². The molecule has 7 heteroatoms. The van der Waals surface area contributed by atoms with E-state index in [1.165, 1.54) is 0 Å². The van der Waals surface area contributed by atoms with Gasteiger partial charge in [-0.1, -0.05) is 0 Å². The number of ether oxygens (including phenoxy) is 1. The average molecular weight is 332 g/mol. The van der Waals surface area contributed by atoms with Crippen molar-refractivity contribution < 1.29 is 14.3 Å². The number of nitrogens with two attached hydrogens (primary N) is 1. The van der Waals surface area contributed by atoms with Gasteiger partial charge in [0.05, 0.1) is 0 Å². The zero-order chi connectivity index (χ0) is 16.9. The third kappa shape index (κ3) is 4.04. The van der Waals surface area contributed by atoms with Gasteiger partial charge in [-0.2, -0.15) is 0 Å². The van der Waals surface area contributed by atoms with Crippen LogP contribution in [0.5, 0.6) is 5.75 Å². The second-order valence-corrected chi connectivity index (χ2v) is 6.25. The van der Waals surface area contributed by atoms with E-state index < -0.39 is 5.91 Å². The molecule has 2 saturated heterocycles. The summed E-state index contributed by atoms with van der Waals surface area (Å²) in [5.74, 6) is 0.0893. The van der Waals surface area contributed by atoms with E-state index in [1.54, 1.807) is 24.3 Å². The minimum atomic E-state index is -0.478. The Morgan fingerprint density at radius 2 is 1.88 bits per heavy atom. The highest BCUT2D eigenvalue weighted by Crippen LogP contribution is 2.17. The lowest BCUT2D eigenvalue weighted by molar-refractivity contribution is -0.132. The highest BCUT2D eigenvalue weighted by Gasteiger charge is 2.30. The molecule has 1 unspecified atom stereocenters. The van der Waals surface area contributed by atoms with Crippen molar-refractivity contribution >= 4 is 11.8 Å². The monoisotopic (exact) mass is 332 g/mol. The van der Waals surface area contributed by atoms with E-state index in [-0.39, 0.29) is 12.5 Å². The molecule has 0 aliphatic carbocycles. The van der Waals surface area contributed by atoms with Crippen LogP contribution in [0.4, 0.5) is 0 Å². The highest BCUT2D eigenvalue weighted by molar-refractivity contribution is 5.92. The Labute approximate surface area is 141 Å². The molecule has 2 aliphatic rings. The summed E-state index contributed by atoms with van der Waals surface area (Å²) in [5.41, 5.74) is 5.62. The molecule has 1 atom stereocenters. The van der Waals surface area contributed by atoms with Gasteiger partial charge in [0.15, 0.2) is 6.61 Å². The van der Waals surface area contributed by atoms with Crippen molar-refractivity contribution in [1.29, 1.82) is 0 Å². The summed E-state index contributed by atoms with van der Waals surface area (Å²) in [5, 5.41) is 3.35. The van der Waals surface area contributed by atoms with Crippen LogP contribution in [-0.2, 0) is 4.79 Å². The molecule has 2 aliphatic heterocycles. The third-order valence-electron chi connectivity index (χ3n) is 4.69. The van der Waals surface area contributed by atoms with Gasteiger partial charge in [-0.3, -0.25) is 14.5 Å². The maximum Gasteiger partial charge on any atom is 0.260 e. The fourth-order valence-corrected chi connectivity index (χ4v) is 3.27. The number of carbonyl (C=O) groups excluding carboxylic acids is 2. The summed E-state index contributed by atoms with van der Waals surface area (Å²) < 4.78 is 5.53. The normalized spacial score (nSPS) is 21.7. The van der Waals surface area contributed by atoms with Crippen LogP contribution >= 0.6 is 0 Å². The molecule has 2 heterocycles. The van der Waals surface area contributed by atoms with Gasteiger partial charge in [0.2, 0.25) is 5.91 Å². The van der Waals surface area contributed by atoms with E-state index in [0.29, 0.717) is 17.4 Å². The van der Waals surface area contributed by atoms with Gasteiger partial charge < -0.3 is 20.7 Å². The van der Waals surface area contributed by atoms with Crippen LogP contribution in [0.3, 0.4) is 0 Å². The number of carbonyl (C=O) groups is 2. The maximum atomic E-state index is 12.3. The Bertz CT molecular complexity index is 584. The quantitative estimate of drug-likeness (QED) is 0.771. The van der Waals surface area contributed by atoms with Gasteiger partial charge >= 0.3 is 0 Å². The fraction of sp³-hybridized carbons (Fsp3) is 0.529. The number of primary amides is 1. The van der Waals surface area contributed by atoms with Crippen molar-refractivity contribution in [1.82, 2.24) is 15.1 Å². The molecule has 0 spiro atoms. The minimum absolute atomic E-state index is 0.00612. The predicted molar refractivity (Wildman–Crippen MR) is 89.9 cm³/mol. The van der Waals surface area contributed by atoms with Crippen molar-refractivity contribution in [3.8, 4) is 5.75 Å². The van der Waals surface area contributed by atoms with E-state index >= 15 is 0 Å². The Hall–Kier alpha value is -2.12. The van der Waals surface area contributed by atoms with E-state index in [4.69, 9.17) is 10.5 Å². The molecule has 0 saturated carbocycles. The van der Waals surface area contributed by atoms with E-state index in [2.05, 4.69) is 10.2 Å². The fourth-order valence-electron chi connectivity index (χ4n) is 3.27. The SMILES string of the molecule is NC(=O)c1ccc(OCC(=O)N2CCC(N3CCNCC3)C2)cc1. The Kier molecular flexibility index (Phi) is 5.32. The molecule has 24 heavy (non-hydrogen) atoms. The van der Waals surface area contributed by atoms with Crippen LogP contribution in [0.25, 0.3) is 0 Å². The van der Waals surface area contributed by atoms with Crippen LogP contribution in [0.1, 0.15) is 16.8 Å². The van der Waals surface area contributed by atoms with Crippen LogP contribution in [0.2, 0.25) is 0 Å². The first-order valence-corrected chi connectivity index (χ1v) is 8.38. The molecule has 2 fully saturated rings. The predicted octanol–water partition coefficient (Wildman–Crippen LogP) is -0.330. The summed E-state index contributed by atoms with van der Waals surface area (Å²) in [4.78, 5) is 27.7. The number of likely N-dealkylation sites (tertiary alicyclic amines) is 1. The van der Waals surface area contributed by atoms with Crippen molar-refractivity contribution in [3.05, 3.63) is 29.8 Å². The Morgan fingerprint density at radius 3 is 2.54 bits per heavy atom. The standard InChI is InChI=1S/C17H24N4O3/c18-17(23)13-1-3-15(4-2-13)24-12-16(22)21-8-5-14(11-21)20-9-6-19-7-10-20/h1-4,14,19H,5-12H2,(H2,18,23). The number of amides is 2. The number of piperazine rings is 1. The summed E-state index contributed by atoms with van der Waals surface area (Å²) in [6.07, 6.45) is 1.03. The number of benzene rings is 1. The molecular weight excluding hydrogens is 308 g/mol. The Balaban J connectivity index is 1.46. The van der Waals surface area contributed by atoms with Crippen molar-refractivity contribution in [2.24, 2.45) is 5.73 Å². The molecule has 7 nitrogen and oxygen atoms in total. The number of rotatable bonds is 5. The molecule has 1 aromatic carbocycles. The van der Waals surface area contributed by atoms with Gasteiger partial charge in [0.1, 0.15) is 5.75 Å². The zero-order valence-corrected chi connectivity index (χ0v) is 13.7. The van der Waals surface area contributed by atoms with Crippen LogP contribution in [-0.4, -0.2) is 73.5 Å². The number of hydrogen-bond donors (Lipinski definition) is 2. The summed E-state index contributed by atoms with van der Waals surface area (Å²) in [6.45, 7) is 5.74. The van der Waals surface area contributed by atoms with Crippen LogP contribution in [0, 0.1) is 0 Å². The zero-order valence-electron chi connectivity index (χ0n) is 13.7. The summed E-state index contributed by atoms with van der Waals surface area (Å²) in [6, 6.07) is 6.96. The van der Waals surface area contributed by atoms with E-state index in [0.717, 1.165) is 45.7 Å². The molecular formula is C17H24N4O3. The largest absolute Gasteiger partial charge is 0.484 e. The topological polar surface area (TPSA) is 87.9 Å². The lowest BCUT2D eigenvalue weighted by Crippen LogP contribution is -2.49. The van der Waals surface area contributed by atoms with Gasteiger partial charge in [0, 0.05) is 50.9 Å². The first-order valence-electron chi connectivity index (χ1n) is 8.38. The van der Waals surface area contributed by atoms with E-state index in [1.807, 2.05) is 4.90 Å².